The van der Waals surface area contributed by atoms with Gasteiger partial charge in [-0.25, -0.2) is 0 Å². The molecule has 0 aromatic heterocycles. The largest absolute Gasteiger partial charge is 0.550 e. The molecule has 0 fully saturated rings. The zero-order valence-corrected chi connectivity index (χ0v) is 11.9. The van der Waals surface area contributed by atoms with Gasteiger partial charge in [0, 0.05) is 12.4 Å². The van der Waals surface area contributed by atoms with Crippen LogP contribution in [-0.2, 0) is 11.2 Å². The lowest BCUT2D eigenvalue weighted by molar-refractivity contribution is -0.304. The average Bonchev–Trinajstić information content (AvgIpc) is 2.46. The molecule has 4 heteroatoms. The van der Waals surface area contributed by atoms with Gasteiger partial charge in [0.05, 0.1) is 12.7 Å². The Morgan fingerprint density at radius 2 is 1.81 bits per heavy atom. The molecule has 0 N–H and O–H groups in total. The minimum absolute atomic E-state index is 0.0837. The van der Waals surface area contributed by atoms with E-state index in [0.717, 1.165) is 11.1 Å². The summed E-state index contributed by atoms with van der Waals surface area (Å²) < 4.78 is 5.17. The number of carboxylic acids is 1. The van der Waals surface area contributed by atoms with Gasteiger partial charge in [-0.2, -0.15) is 0 Å². The maximum atomic E-state index is 11.7. The van der Waals surface area contributed by atoms with E-state index in [1.807, 2.05) is 12.1 Å². The number of Topliss-reactive ketones (excluding diaryl/α,β-unsaturated/α-hetero) is 1. The van der Waals surface area contributed by atoms with Crippen molar-refractivity contribution in [2.24, 2.45) is 0 Å². The minimum Gasteiger partial charge on any atom is -0.550 e. The Hall–Kier alpha value is -2.62. The number of benzene rings is 2. The second kappa shape index (κ2) is 6.22. The van der Waals surface area contributed by atoms with E-state index >= 15 is 0 Å². The van der Waals surface area contributed by atoms with E-state index in [9.17, 15) is 14.7 Å². The minimum atomic E-state index is -1.12. The van der Waals surface area contributed by atoms with Crippen LogP contribution in [0, 0.1) is 0 Å². The molecular formula is C17H15O4-. The Balaban J connectivity index is 2.44. The van der Waals surface area contributed by atoms with Crippen molar-refractivity contribution in [2.75, 3.05) is 7.11 Å². The molecule has 0 atom stereocenters. The summed E-state index contributed by atoms with van der Waals surface area (Å²) in [6.45, 7) is 1.48. The van der Waals surface area contributed by atoms with Gasteiger partial charge in [0.1, 0.15) is 5.75 Å². The van der Waals surface area contributed by atoms with Crippen LogP contribution in [0.3, 0.4) is 0 Å². The lowest BCUT2D eigenvalue weighted by Gasteiger charge is -2.10. The quantitative estimate of drug-likeness (QED) is 0.785. The third-order valence-corrected chi connectivity index (χ3v) is 3.19. The SMILES string of the molecule is COc1ccc(-c2cccc(CC(=O)[O-])c2)cc1C(C)=O. The first-order chi connectivity index (χ1) is 10.0. The van der Waals surface area contributed by atoms with E-state index in [-0.39, 0.29) is 12.2 Å². The molecule has 2 rings (SSSR count). The van der Waals surface area contributed by atoms with Crippen LogP contribution in [-0.4, -0.2) is 18.9 Å². The van der Waals surface area contributed by atoms with Gasteiger partial charge in [0.2, 0.25) is 0 Å². The van der Waals surface area contributed by atoms with Crippen molar-refractivity contribution in [3.63, 3.8) is 0 Å². The summed E-state index contributed by atoms with van der Waals surface area (Å²) in [5.41, 5.74) is 2.84. The van der Waals surface area contributed by atoms with Crippen LogP contribution in [0.4, 0.5) is 0 Å². The van der Waals surface area contributed by atoms with Gasteiger partial charge >= 0.3 is 0 Å². The molecule has 21 heavy (non-hydrogen) atoms. The van der Waals surface area contributed by atoms with Gasteiger partial charge in [-0.05, 0) is 35.7 Å². The van der Waals surface area contributed by atoms with Crippen LogP contribution in [0.2, 0.25) is 0 Å². The molecule has 4 nitrogen and oxygen atoms in total. The number of hydrogen-bond donors (Lipinski definition) is 0. The summed E-state index contributed by atoms with van der Waals surface area (Å²) in [7, 11) is 1.52. The normalized spacial score (nSPS) is 10.2. The van der Waals surface area contributed by atoms with Crippen LogP contribution < -0.4 is 9.84 Å². The number of methoxy groups -OCH3 is 1. The summed E-state index contributed by atoms with van der Waals surface area (Å²) in [6.07, 6.45) is -0.135. The number of carbonyl (C=O) groups excluding carboxylic acids is 2. The monoisotopic (exact) mass is 283 g/mol. The maximum Gasteiger partial charge on any atom is 0.163 e. The maximum absolute atomic E-state index is 11.7. The van der Waals surface area contributed by atoms with Gasteiger partial charge < -0.3 is 14.6 Å². The second-order valence-electron chi connectivity index (χ2n) is 4.72. The number of ketones is 1. The van der Waals surface area contributed by atoms with Crippen LogP contribution in [0.25, 0.3) is 11.1 Å². The smallest absolute Gasteiger partial charge is 0.163 e. The van der Waals surface area contributed by atoms with E-state index < -0.39 is 5.97 Å². The molecule has 0 saturated heterocycles. The molecule has 0 unspecified atom stereocenters. The molecule has 0 aliphatic heterocycles. The lowest BCUT2D eigenvalue weighted by Crippen LogP contribution is -2.24. The molecule has 0 radical (unpaired) electrons. The molecule has 0 bridgehead atoms. The van der Waals surface area contributed by atoms with E-state index in [1.165, 1.54) is 14.0 Å². The number of hydrogen-bond acceptors (Lipinski definition) is 4. The average molecular weight is 283 g/mol. The number of ether oxygens (including phenoxy) is 1. The predicted octanol–water partition coefficient (Wildman–Crippen LogP) is 1.86. The summed E-state index contributed by atoms with van der Waals surface area (Å²) in [5.74, 6) is -0.678. The van der Waals surface area contributed by atoms with Crippen molar-refractivity contribution >= 4 is 11.8 Å². The first kappa shape index (κ1) is 14.8. The fourth-order valence-electron chi connectivity index (χ4n) is 2.19. The molecule has 0 aliphatic carbocycles. The number of carboxylic acid groups (broad SMARTS) is 1. The van der Waals surface area contributed by atoms with E-state index in [1.54, 1.807) is 30.3 Å². The Morgan fingerprint density at radius 3 is 2.43 bits per heavy atom. The number of rotatable bonds is 5. The molecule has 108 valence electrons. The summed E-state index contributed by atoms with van der Waals surface area (Å²) in [6, 6.07) is 12.5. The molecular weight excluding hydrogens is 268 g/mol. The van der Waals surface area contributed by atoms with Crippen LogP contribution in [0.1, 0.15) is 22.8 Å². The Morgan fingerprint density at radius 1 is 1.10 bits per heavy atom. The zero-order chi connectivity index (χ0) is 15.4. The lowest BCUT2D eigenvalue weighted by atomic mass is 9.98. The summed E-state index contributed by atoms with van der Waals surface area (Å²) >= 11 is 0. The Labute approximate surface area is 123 Å². The fraction of sp³-hybridized carbons (Fsp3) is 0.176. The topological polar surface area (TPSA) is 66.4 Å². The van der Waals surface area contributed by atoms with Crippen molar-refractivity contribution in [1.82, 2.24) is 0 Å². The molecule has 2 aromatic carbocycles. The molecule has 0 spiro atoms. The fourth-order valence-corrected chi connectivity index (χ4v) is 2.19. The third-order valence-electron chi connectivity index (χ3n) is 3.19. The molecule has 2 aromatic rings. The highest BCUT2D eigenvalue weighted by molar-refractivity contribution is 5.98. The summed E-state index contributed by atoms with van der Waals surface area (Å²) in [5, 5.41) is 10.7. The molecule has 0 saturated carbocycles. The van der Waals surface area contributed by atoms with E-state index in [2.05, 4.69) is 0 Å². The third kappa shape index (κ3) is 3.48. The van der Waals surface area contributed by atoms with Crippen LogP contribution in [0.5, 0.6) is 5.75 Å². The van der Waals surface area contributed by atoms with Crippen LogP contribution in [0.15, 0.2) is 42.5 Å². The molecule has 0 aliphatic rings. The first-order valence-electron chi connectivity index (χ1n) is 6.49. The van der Waals surface area contributed by atoms with Gasteiger partial charge in [0.25, 0.3) is 0 Å². The molecule has 0 heterocycles. The van der Waals surface area contributed by atoms with Crippen molar-refractivity contribution in [3.8, 4) is 16.9 Å². The zero-order valence-electron chi connectivity index (χ0n) is 11.9. The number of carbonyl (C=O) groups is 2. The van der Waals surface area contributed by atoms with Gasteiger partial charge in [-0.3, -0.25) is 4.79 Å². The Bertz CT molecular complexity index is 689. The van der Waals surface area contributed by atoms with E-state index in [0.29, 0.717) is 16.9 Å². The molecule has 0 amide bonds. The summed E-state index contributed by atoms with van der Waals surface area (Å²) in [4.78, 5) is 22.3. The van der Waals surface area contributed by atoms with Gasteiger partial charge in [0.15, 0.2) is 5.78 Å². The highest BCUT2D eigenvalue weighted by Crippen LogP contribution is 2.27. The van der Waals surface area contributed by atoms with Gasteiger partial charge in [-0.15, -0.1) is 0 Å². The predicted molar refractivity (Wildman–Crippen MR) is 77.1 cm³/mol. The van der Waals surface area contributed by atoms with Crippen molar-refractivity contribution in [1.29, 1.82) is 0 Å². The van der Waals surface area contributed by atoms with Gasteiger partial charge in [-0.1, -0.05) is 30.3 Å². The first-order valence-corrected chi connectivity index (χ1v) is 6.49. The highest BCUT2D eigenvalue weighted by Gasteiger charge is 2.10. The van der Waals surface area contributed by atoms with E-state index in [4.69, 9.17) is 4.74 Å². The van der Waals surface area contributed by atoms with Crippen molar-refractivity contribution in [3.05, 3.63) is 53.6 Å². The van der Waals surface area contributed by atoms with Crippen molar-refractivity contribution in [2.45, 2.75) is 13.3 Å². The standard InChI is InChI=1S/C17H16O4/c1-11(18)15-10-14(6-7-16(15)21-2)13-5-3-4-12(8-13)9-17(19)20/h3-8,10H,9H2,1-2H3,(H,19,20)/p-1. The number of aliphatic carboxylic acids is 1. The Kier molecular flexibility index (Phi) is 4.38. The van der Waals surface area contributed by atoms with Crippen molar-refractivity contribution < 1.29 is 19.4 Å². The van der Waals surface area contributed by atoms with Crippen LogP contribution >= 0.6 is 0 Å². The highest BCUT2D eigenvalue weighted by atomic mass is 16.5. The second-order valence-corrected chi connectivity index (χ2v) is 4.72.